The number of carbonyl (C=O) groups is 1. The molecule has 24 heavy (non-hydrogen) atoms. The minimum Gasteiger partial charge on any atom is -0.487 e. The number of aryl methyl sites for hydroxylation is 1. The predicted molar refractivity (Wildman–Crippen MR) is 99.7 cm³/mol. The molecule has 4 nitrogen and oxygen atoms in total. The maximum atomic E-state index is 12.4. The first-order valence-corrected chi connectivity index (χ1v) is 8.99. The molecule has 0 radical (unpaired) electrons. The van der Waals surface area contributed by atoms with Gasteiger partial charge in [-0.2, -0.15) is 0 Å². The van der Waals surface area contributed by atoms with Crippen molar-refractivity contribution in [1.29, 1.82) is 0 Å². The smallest absolute Gasteiger partial charge is 0.255 e. The number of anilines is 1. The molecular weight excluding hydrogens is 388 g/mol. The van der Waals surface area contributed by atoms with Crippen LogP contribution in [-0.2, 0) is 6.61 Å². The molecule has 0 bridgehead atoms. The lowest BCUT2D eigenvalue weighted by atomic mass is 10.2. The highest BCUT2D eigenvalue weighted by atomic mass is 79.9. The number of thiazole rings is 1. The highest BCUT2D eigenvalue weighted by Crippen LogP contribution is 2.23. The van der Waals surface area contributed by atoms with E-state index in [1.165, 1.54) is 0 Å². The molecule has 0 fully saturated rings. The van der Waals surface area contributed by atoms with Crippen LogP contribution < -0.4 is 10.1 Å². The molecule has 0 aliphatic carbocycles. The van der Waals surface area contributed by atoms with E-state index in [1.54, 1.807) is 29.5 Å². The molecule has 0 aliphatic rings. The van der Waals surface area contributed by atoms with Crippen molar-refractivity contribution in [2.45, 2.75) is 13.5 Å². The Morgan fingerprint density at radius 2 is 2.08 bits per heavy atom. The summed E-state index contributed by atoms with van der Waals surface area (Å²) < 4.78 is 6.56. The third-order valence-corrected chi connectivity index (χ3v) is 4.79. The first-order chi connectivity index (χ1) is 11.6. The molecule has 1 N–H and O–H groups in total. The molecule has 1 aromatic heterocycles. The van der Waals surface area contributed by atoms with Crippen LogP contribution in [0.1, 0.15) is 21.1 Å². The van der Waals surface area contributed by atoms with Gasteiger partial charge in [-0.25, -0.2) is 4.98 Å². The molecule has 3 rings (SSSR count). The predicted octanol–water partition coefficient (Wildman–Crippen LogP) is 5.05. The Morgan fingerprint density at radius 3 is 2.83 bits per heavy atom. The van der Waals surface area contributed by atoms with Crippen LogP contribution in [0.25, 0.3) is 0 Å². The number of hydrogen-bond acceptors (Lipinski definition) is 4. The van der Waals surface area contributed by atoms with Gasteiger partial charge in [0.05, 0.1) is 16.4 Å². The minimum atomic E-state index is -0.183. The molecule has 2 aromatic carbocycles. The molecule has 1 heterocycles. The number of ether oxygens (including phenoxy) is 1. The summed E-state index contributed by atoms with van der Waals surface area (Å²) in [4.78, 5) is 16.8. The number of para-hydroxylation sites is 1. The first kappa shape index (κ1) is 16.7. The molecule has 3 aromatic rings. The third kappa shape index (κ3) is 4.21. The fraction of sp³-hybridized carbons (Fsp3) is 0.111. The van der Waals surface area contributed by atoms with Crippen molar-refractivity contribution < 1.29 is 9.53 Å². The number of amides is 1. The van der Waals surface area contributed by atoms with Gasteiger partial charge < -0.3 is 10.1 Å². The van der Waals surface area contributed by atoms with Crippen LogP contribution >= 0.6 is 27.3 Å². The van der Waals surface area contributed by atoms with Gasteiger partial charge >= 0.3 is 0 Å². The average molecular weight is 403 g/mol. The lowest BCUT2D eigenvalue weighted by Gasteiger charge is -2.09. The average Bonchev–Trinajstić information content (AvgIpc) is 3.01. The number of rotatable bonds is 5. The zero-order valence-electron chi connectivity index (χ0n) is 13.0. The van der Waals surface area contributed by atoms with E-state index in [1.807, 2.05) is 42.6 Å². The molecule has 6 heteroatoms. The van der Waals surface area contributed by atoms with Gasteiger partial charge in [0.1, 0.15) is 12.4 Å². The maximum absolute atomic E-state index is 12.4. The summed E-state index contributed by atoms with van der Waals surface area (Å²) in [7, 11) is 0. The molecule has 0 spiro atoms. The van der Waals surface area contributed by atoms with Gasteiger partial charge in [-0.3, -0.25) is 4.79 Å². The number of carbonyl (C=O) groups excluding carboxylic acids is 1. The van der Waals surface area contributed by atoms with Crippen LogP contribution in [0.15, 0.2) is 58.4 Å². The van der Waals surface area contributed by atoms with Crippen molar-refractivity contribution in [2.24, 2.45) is 0 Å². The van der Waals surface area contributed by atoms with E-state index in [9.17, 15) is 4.79 Å². The fourth-order valence-corrected chi connectivity index (χ4v) is 3.10. The Labute approximate surface area is 152 Å². The lowest BCUT2D eigenvalue weighted by molar-refractivity contribution is 0.102. The van der Waals surface area contributed by atoms with Crippen molar-refractivity contribution in [2.75, 3.05) is 5.32 Å². The second kappa shape index (κ2) is 7.59. The van der Waals surface area contributed by atoms with Crippen molar-refractivity contribution in [3.63, 3.8) is 0 Å². The Morgan fingerprint density at radius 1 is 1.25 bits per heavy atom. The topological polar surface area (TPSA) is 51.2 Å². The Bertz CT molecular complexity index is 863. The summed E-state index contributed by atoms with van der Waals surface area (Å²) in [5.74, 6) is 0.456. The molecule has 0 atom stereocenters. The van der Waals surface area contributed by atoms with Crippen LogP contribution in [0.2, 0.25) is 0 Å². The highest BCUT2D eigenvalue weighted by molar-refractivity contribution is 9.10. The summed E-state index contributed by atoms with van der Waals surface area (Å²) in [6.07, 6.45) is 0. The Balaban J connectivity index is 1.68. The minimum absolute atomic E-state index is 0.183. The lowest BCUT2D eigenvalue weighted by Crippen LogP contribution is -2.12. The quantitative estimate of drug-likeness (QED) is 0.649. The largest absolute Gasteiger partial charge is 0.487 e. The molecule has 0 aliphatic heterocycles. The molecule has 0 saturated heterocycles. The van der Waals surface area contributed by atoms with Crippen LogP contribution in [0, 0.1) is 6.92 Å². The van der Waals surface area contributed by atoms with Crippen LogP contribution in [0.5, 0.6) is 5.75 Å². The van der Waals surface area contributed by atoms with Gasteiger partial charge in [-0.1, -0.05) is 18.2 Å². The van der Waals surface area contributed by atoms with Crippen molar-refractivity contribution >= 4 is 38.9 Å². The zero-order chi connectivity index (χ0) is 16.9. The summed E-state index contributed by atoms with van der Waals surface area (Å²) >= 11 is 5.01. The zero-order valence-corrected chi connectivity index (χ0v) is 15.4. The molecule has 1 amide bonds. The number of aromatic nitrogens is 1. The van der Waals surface area contributed by atoms with Crippen LogP contribution in [-0.4, -0.2) is 10.9 Å². The van der Waals surface area contributed by atoms with E-state index in [-0.39, 0.29) is 5.91 Å². The van der Waals surface area contributed by atoms with Gasteiger partial charge in [0, 0.05) is 15.4 Å². The fourth-order valence-electron chi connectivity index (χ4n) is 2.12. The standard InChI is InChI=1S/C18H15BrN2O2S/c1-12-20-14(11-24-12)10-23-15-6-4-5-13(9-15)18(22)21-17-8-3-2-7-16(17)19/h2-9,11H,10H2,1H3,(H,21,22). The van der Waals surface area contributed by atoms with Gasteiger partial charge in [-0.05, 0) is 53.2 Å². The second-order valence-corrected chi connectivity index (χ2v) is 7.02. The van der Waals surface area contributed by atoms with Crippen molar-refractivity contribution in [1.82, 2.24) is 4.98 Å². The van der Waals surface area contributed by atoms with Crippen LogP contribution in [0.4, 0.5) is 5.69 Å². The van der Waals surface area contributed by atoms with E-state index < -0.39 is 0 Å². The van der Waals surface area contributed by atoms with Crippen molar-refractivity contribution in [3.8, 4) is 5.75 Å². The molecule has 0 unspecified atom stereocenters. The number of halogens is 1. The third-order valence-electron chi connectivity index (χ3n) is 3.27. The second-order valence-electron chi connectivity index (χ2n) is 5.11. The van der Waals surface area contributed by atoms with E-state index in [2.05, 4.69) is 26.2 Å². The maximum Gasteiger partial charge on any atom is 0.255 e. The normalized spacial score (nSPS) is 10.4. The number of nitrogens with zero attached hydrogens (tertiary/aromatic N) is 1. The summed E-state index contributed by atoms with van der Waals surface area (Å²) in [6.45, 7) is 2.35. The van der Waals surface area contributed by atoms with E-state index in [0.29, 0.717) is 17.9 Å². The van der Waals surface area contributed by atoms with Crippen molar-refractivity contribution in [3.05, 3.63) is 74.6 Å². The summed E-state index contributed by atoms with van der Waals surface area (Å²) in [5, 5.41) is 5.86. The summed E-state index contributed by atoms with van der Waals surface area (Å²) in [5.41, 5.74) is 2.16. The van der Waals surface area contributed by atoms with E-state index >= 15 is 0 Å². The molecule has 122 valence electrons. The molecular formula is C18H15BrN2O2S. The number of benzene rings is 2. The van der Waals surface area contributed by atoms with E-state index in [0.717, 1.165) is 20.9 Å². The Kier molecular flexibility index (Phi) is 5.27. The number of nitrogens with one attached hydrogen (secondary N) is 1. The number of hydrogen-bond donors (Lipinski definition) is 1. The van der Waals surface area contributed by atoms with Gasteiger partial charge in [0.2, 0.25) is 0 Å². The Hall–Kier alpha value is -2.18. The first-order valence-electron chi connectivity index (χ1n) is 7.31. The molecule has 0 saturated carbocycles. The van der Waals surface area contributed by atoms with Crippen LogP contribution in [0.3, 0.4) is 0 Å². The van der Waals surface area contributed by atoms with E-state index in [4.69, 9.17) is 4.74 Å². The highest BCUT2D eigenvalue weighted by Gasteiger charge is 2.09. The monoisotopic (exact) mass is 402 g/mol. The van der Waals surface area contributed by atoms with Gasteiger partial charge in [0.15, 0.2) is 0 Å². The van der Waals surface area contributed by atoms with Gasteiger partial charge in [-0.15, -0.1) is 11.3 Å². The van der Waals surface area contributed by atoms with Gasteiger partial charge in [0.25, 0.3) is 5.91 Å². The SMILES string of the molecule is Cc1nc(COc2cccc(C(=O)Nc3ccccc3Br)c2)cs1. The summed E-state index contributed by atoms with van der Waals surface area (Å²) in [6, 6.07) is 14.6.